The molecule has 0 aliphatic carbocycles. The first-order valence-corrected chi connectivity index (χ1v) is 7.29. The van der Waals surface area contributed by atoms with Crippen LogP contribution in [0.1, 0.15) is 15.9 Å². The molecule has 0 radical (unpaired) electrons. The number of carbonyl (C=O) groups excluding carboxylic acids is 1. The summed E-state index contributed by atoms with van der Waals surface area (Å²) in [5.41, 5.74) is 2.22. The fourth-order valence-electron chi connectivity index (χ4n) is 2.43. The smallest absolute Gasteiger partial charge is 0.258 e. The third kappa shape index (κ3) is 2.23. The van der Waals surface area contributed by atoms with Gasteiger partial charge in [0.15, 0.2) is 0 Å². The van der Waals surface area contributed by atoms with Crippen LogP contribution in [0.5, 0.6) is 0 Å². The molecule has 2 aromatic rings. The molecule has 0 saturated carbocycles. The van der Waals surface area contributed by atoms with Crippen LogP contribution in [0.15, 0.2) is 40.9 Å². The summed E-state index contributed by atoms with van der Waals surface area (Å²) in [7, 11) is 0. The zero-order chi connectivity index (χ0) is 14.3. The van der Waals surface area contributed by atoms with E-state index in [0.717, 1.165) is 12.0 Å². The molecule has 2 aromatic carbocycles. The Bertz CT molecular complexity index is 681. The highest BCUT2D eigenvalue weighted by Gasteiger charge is 2.28. The molecule has 0 aromatic heterocycles. The van der Waals surface area contributed by atoms with Crippen LogP contribution in [-0.4, -0.2) is 12.5 Å². The van der Waals surface area contributed by atoms with E-state index in [0.29, 0.717) is 22.3 Å². The summed E-state index contributed by atoms with van der Waals surface area (Å²) in [6, 6.07) is 10.0. The normalized spacial score (nSPS) is 14.3. The largest absolute Gasteiger partial charge is 0.305 e. The number of fused-ring (bicyclic) bond motifs is 1. The number of rotatable bonds is 1. The Labute approximate surface area is 129 Å². The van der Waals surface area contributed by atoms with Gasteiger partial charge in [-0.1, -0.05) is 29.8 Å². The van der Waals surface area contributed by atoms with Crippen LogP contribution >= 0.6 is 27.5 Å². The van der Waals surface area contributed by atoms with Crippen molar-refractivity contribution >= 4 is 39.1 Å². The molecule has 1 amide bonds. The first kappa shape index (κ1) is 13.6. The minimum atomic E-state index is -0.435. The van der Waals surface area contributed by atoms with E-state index < -0.39 is 5.82 Å². The second-order valence-corrected chi connectivity index (χ2v) is 5.84. The molecule has 0 saturated heterocycles. The predicted octanol–water partition coefficient (Wildman–Crippen LogP) is 4.44. The van der Waals surface area contributed by atoms with Gasteiger partial charge in [-0.25, -0.2) is 4.39 Å². The first-order valence-electron chi connectivity index (χ1n) is 6.12. The van der Waals surface area contributed by atoms with Crippen LogP contribution in [0.3, 0.4) is 0 Å². The summed E-state index contributed by atoms with van der Waals surface area (Å²) < 4.78 is 13.8. The summed E-state index contributed by atoms with van der Waals surface area (Å²) in [4.78, 5) is 14.2. The molecule has 102 valence electrons. The van der Waals surface area contributed by atoms with Crippen molar-refractivity contribution in [2.75, 3.05) is 11.4 Å². The molecule has 0 N–H and O–H groups in total. The monoisotopic (exact) mass is 353 g/mol. The van der Waals surface area contributed by atoms with Crippen LogP contribution < -0.4 is 4.90 Å². The average Bonchev–Trinajstić information content (AvgIpc) is 2.40. The predicted molar refractivity (Wildman–Crippen MR) is 80.9 cm³/mol. The lowest BCUT2D eigenvalue weighted by atomic mass is 9.98. The van der Waals surface area contributed by atoms with Gasteiger partial charge >= 0.3 is 0 Å². The van der Waals surface area contributed by atoms with Crippen molar-refractivity contribution in [3.63, 3.8) is 0 Å². The number of hydrogen-bond donors (Lipinski definition) is 0. The minimum absolute atomic E-state index is 0.110. The second kappa shape index (κ2) is 5.19. The van der Waals surface area contributed by atoms with E-state index in [2.05, 4.69) is 15.9 Å². The molecular weight excluding hydrogens is 345 g/mol. The van der Waals surface area contributed by atoms with Crippen LogP contribution in [0, 0.1) is 5.82 Å². The van der Waals surface area contributed by atoms with E-state index in [-0.39, 0.29) is 10.9 Å². The number of carbonyl (C=O) groups is 1. The van der Waals surface area contributed by atoms with Crippen molar-refractivity contribution in [1.29, 1.82) is 0 Å². The Morgan fingerprint density at radius 2 is 2.00 bits per heavy atom. The zero-order valence-electron chi connectivity index (χ0n) is 10.4. The van der Waals surface area contributed by atoms with Gasteiger partial charge in [0.05, 0.1) is 10.7 Å². The van der Waals surface area contributed by atoms with E-state index in [1.807, 2.05) is 18.2 Å². The van der Waals surface area contributed by atoms with Gasteiger partial charge in [-0.15, -0.1) is 0 Å². The molecule has 20 heavy (non-hydrogen) atoms. The van der Waals surface area contributed by atoms with Crippen molar-refractivity contribution < 1.29 is 9.18 Å². The van der Waals surface area contributed by atoms with E-state index in [1.165, 1.54) is 12.1 Å². The Balaban J connectivity index is 2.08. The molecule has 1 aliphatic rings. The lowest BCUT2D eigenvalue weighted by molar-refractivity contribution is 0.0980. The first-order chi connectivity index (χ1) is 9.58. The third-order valence-corrected chi connectivity index (χ3v) is 4.24. The molecule has 0 bridgehead atoms. The Kier molecular flexibility index (Phi) is 3.52. The summed E-state index contributed by atoms with van der Waals surface area (Å²) in [5.74, 6) is -0.545. The van der Waals surface area contributed by atoms with E-state index in [1.54, 1.807) is 11.0 Å². The number of benzene rings is 2. The average molecular weight is 355 g/mol. The van der Waals surface area contributed by atoms with Gasteiger partial charge in [0.2, 0.25) is 0 Å². The van der Waals surface area contributed by atoms with Crippen molar-refractivity contribution in [2.45, 2.75) is 6.42 Å². The van der Waals surface area contributed by atoms with Crippen LogP contribution in [-0.2, 0) is 6.42 Å². The van der Waals surface area contributed by atoms with Gasteiger partial charge in [0, 0.05) is 16.6 Å². The topological polar surface area (TPSA) is 20.3 Å². The molecule has 2 nitrogen and oxygen atoms in total. The Morgan fingerprint density at radius 1 is 1.25 bits per heavy atom. The molecule has 0 unspecified atom stereocenters. The maximum Gasteiger partial charge on any atom is 0.258 e. The summed E-state index contributed by atoms with van der Waals surface area (Å²) in [6.07, 6.45) is 0.752. The fourth-order valence-corrected chi connectivity index (χ4v) is 3.50. The number of nitrogens with zero attached hydrogens (tertiary/aromatic N) is 1. The van der Waals surface area contributed by atoms with Gasteiger partial charge in [0.25, 0.3) is 5.91 Å². The highest BCUT2D eigenvalue weighted by molar-refractivity contribution is 9.10. The molecule has 0 fully saturated rings. The molecule has 1 aliphatic heterocycles. The van der Waals surface area contributed by atoms with Gasteiger partial charge in [-0.3, -0.25) is 4.79 Å². The molecule has 1 heterocycles. The summed E-state index contributed by atoms with van der Waals surface area (Å²) >= 11 is 9.38. The van der Waals surface area contributed by atoms with E-state index in [9.17, 15) is 9.18 Å². The van der Waals surface area contributed by atoms with Crippen molar-refractivity contribution in [2.24, 2.45) is 0 Å². The van der Waals surface area contributed by atoms with E-state index >= 15 is 0 Å². The maximum atomic E-state index is 13.3. The van der Waals surface area contributed by atoms with Gasteiger partial charge in [-0.05, 0) is 46.1 Å². The van der Waals surface area contributed by atoms with Crippen LogP contribution in [0.25, 0.3) is 0 Å². The molecule has 0 atom stereocenters. The van der Waals surface area contributed by atoms with Gasteiger partial charge in [0.1, 0.15) is 5.82 Å². The molecule has 3 rings (SSSR count). The van der Waals surface area contributed by atoms with Gasteiger partial charge in [-0.2, -0.15) is 0 Å². The molecule has 5 heteroatoms. The Hall–Kier alpha value is -1.39. The standard InChI is InChI=1S/C15H10BrClFNO/c16-12-7-10(18)8-13(17)14(12)19-6-5-9-3-1-2-4-11(9)15(19)20/h1-4,7-8H,5-6H2. The number of halogens is 3. The lowest BCUT2D eigenvalue weighted by Crippen LogP contribution is -2.38. The second-order valence-electron chi connectivity index (χ2n) is 4.58. The lowest BCUT2D eigenvalue weighted by Gasteiger charge is -2.30. The number of anilines is 1. The number of amides is 1. The van der Waals surface area contributed by atoms with Crippen LogP contribution in [0.4, 0.5) is 10.1 Å². The minimum Gasteiger partial charge on any atom is -0.305 e. The van der Waals surface area contributed by atoms with Crippen LogP contribution in [0.2, 0.25) is 5.02 Å². The summed E-state index contributed by atoms with van der Waals surface area (Å²) in [5, 5.41) is 0.226. The Morgan fingerprint density at radius 3 is 2.75 bits per heavy atom. The molecular formula is C15H10BrClFNO. The van der Waals surface area contributed by atoms with Gasteiger partial charge < -0.3 is 4.90 Å². The van der Waals surface area contributed by atoms with Crippen molar-refractivity contribution in [3.05, 3.63) is 62.8 Å². The van der Waals surface area contributed by atoms with Crippen molar-refractivity contribution in [1.82, 2.24) is 0 Å². The molecule has 0 spiro atoms. The SMILES string of the molecule is O=C1c2ccccc2CCN1c1c(Cl)cc(F)cc1Br. The van der Waals surface area contributed by atoms with Crippen molar-refractivity contribution in [3.8, 4) is 0 Å². The highest BCUT2D eigenvalue weighted by atomic mass is 79.9. The third-order valence-electron chi connectivity index (χ3n) is 3.35. The summed E-state index contributed by atoms with van der Waals surface area (Å²) in [6.45, 7) is 0.528. The zero-order valence-corrected chi connectivity index (χ0v) is 12.7. The fraction of sp³-hybridized carbons (Fsp3) is 0.133. The maximum absolute atomic E-state index is 13.3. The van der Waals surface area contributed by atoms with E-state index in [4.69, 9.17) is 11.6 Å². The quantitative estimate of drug-likeness (QED) is 0.741. The number of hydrogen-bond acceptors (Lipinski definition) is 1. The highest BCUT2D eigenvalue weighted by Crippen LogP contribution is 2.37.